The van der Waals surface area contributed by atoms with E-state index in [9.17, 15) is 8.42 Å². The molecule has 0 aromatic carbocycles. The minimum atomic E-state index is -2.97. The van der Waals surface area contributed by atoms with Gasteiger partial charge in [-0.05, 0) is 19.8 Å². The summed E-state index contributed by atoms with van der Waals surface area (Å²) in [7, 11) is 0.741. The van der Waals surface area contributed by atoms with Crippen LogP contribution in [0.2, 0.25) is 0 Å². The van der Waals surface area contributed by atoms with Crippen LogP contribution < -0.4 is 10.2 Å². The van der Waals surface area contributed by atoms with Crippen molar-refractivity contribution in [3.63, 3.8) is 0 Å². The summed E-state index contributed by atoms with van der Waals surface area (Å²) in [5.41, 5.74) is 0.952. The molecule has 0 saturated heterocycles. The van der Waals surface area contributed by atoms with Gasteiger partial charge in [0.2, 0.25) is 0 Å². The van der Waals surface area contributed by atoms with Gasteiger partial charge in [-0.25, -0.2) is 18.4 Å². The molecule has 112 valence electrons. The molecular weight excluding hydrogens is 276 g/mol. The largest absolute Gasteiger partial charge is 0.373 e. The molecule has 1 aromatic rings. The summed E-state index contributed by atoms with van der Waals surface area (Å²) >= 11 is 0. The van der Waals surface area contributed by atoms with E-state index in [1.54, 1.807) is 0 Å². The highest BCUT2D eigenvalue weighted by molar-refractivity contribution is 7.90. The molecule has 0 aliphatic heterocycles. The Hall–Kier alpha value is -1.37. The SMILES string of the molecule is CNc1nc(C2CC2)nc(N(C)CCS(C)(=O)=O)c1C. The molecule has 0 spiro atoms. The zero-order valence-electron chi connectivity index (χ0n) is 12.5. The average Bonchev–Trinajstić information content (AvgIpc) is 3.19. The predicted octanol–water partition coefficient (Wildman–Crippen LogP) is 1.18. The monoisotopic (exact) mass is 298 g/mol. The van der Waals surface area contributed by atoms with Gasteiger partial charge in [0.25, 0.3) is 0 Å². The Kier molecular flexibility index (Phi) is 4.17. The van der Waals surface area contributed by atoms with E-state index >= 15 is 0 Å². The van der Waals surface area contributed by atoms with Gasteiger partial charge < -0.3 is 10.2 Å². The molecule has 1 fully saturated rings. The molecule has 7 heteroatoms. The van der Waals surface area contributed by atoms with Crippen LogP contribution in [0.25, 0.3) is 0 Å². The quantitative estimate of drug-likeness (QED) is 0.850. The number of hydrogen-bond acceptors (Lipinski definition) is 6. The Labute approximate surface area is 120 Å². The van der Waals surface area contributed by atoms with Gasteiger partial charge in [0.1, 0.15) is 27.3 Å². The van der Waals surface area contributed by atoms with E-state index in [2.05, 4.69) is 15.3 Å². The topological polar surface area (TPSA) is 75.2 Å². The number of sulfone groups is 1. The number of rotatable bonds is 6. The predicted molar refractivity (Wildman–Crippen MR) is 81.3 cm³/mol. The zero-order chi connectivity index (χ0) is 14.9. The van der Waals surface area contributed by atoms with Crippen molar-refractivity contribution in [3.8, 4) is 0 Å². The van der Waals surface area contributed by atoms with Crippen LogP contribution in [0.5, 0.6) is 0 Å². The van der Waals surface area contributed by atoms with Gasteiger partial charge in [0, 0.05) is 38.4 Å². The molecule has 1 aliphatic rings. The lowest BCUT2D eigenvalue weighted by molar-refractivity contribution is 0.601. The molecule has 1 aromatic heterocycles. The Morgan fingerprint density at radius 3 is 2.50 bits per heavy atom. The standard InChI is InChI=1S/C13H22N4O2S/c1-9-11(14-2)15-12(10-5-6-10)16-13(9)17(3)7-8-20(4,18)19/h10H,5-8H2,1-4H3,(H,14,15,16). The van der Waals surface area contributed by atoms with Crippen LogP contribution in [0.3, 0.4) is 0 Å². The minimum Gasteiger partial charge on any atom is -0.373 e. The van der Waals surface area contributed by atoms with Crippen LogP contribution >= 0.6 is 0 Å². The fourth-order valence-electron chi connectivity index (χ4n) is 2.07. The lowest BCUT2D eigenvalue weighted by Crippen LogP contribution is -2.27. The normalized spacial score (nSPS) is 15.2. The van der Waals surface area contributed by atoms with E-state index in [0.717, 1.165) is 35.9 Å². The Bertz CT molecular complexity index is 597. The summed E-state index contributed by atoms with van der Waals surface area (Å²) in [4.78, 5) is 11.1. The zero-order valence-corrected chi connectivity index (χ0v) is 13.3. The minimum absolute atomic E-state index is 0.126. The van der Waals surface area contributed by atoms with Gasteiger partial charge in [0.15, 0.2) is 0 Å². The molecule has 1 N–H and O–H groups in total. The molecule has 6 nitrogen and oxygen atoms in total. The number of nitrogens with zero attached hydrogens (tertiary/aromatic N) is 3. The summed E-state index contributed by atoms with van der Waals surface area (Å²) < 4.78 is 22.6. The number of nitrogens with one attached hydrogen (secondary N) is 1. The van der Waals surface area contributed by atoms with Gasteiger partial charge in [-0.1, -0.05) is 0 Å². The van der Waals surface area contributed by atoms with E-state index in [-0.39, 0.29) is 5.75 Å². The van der Waals surface area contributed by atoms with E-state index in [4.69, 9.17) is 0 Å². The lowest BCUT2D eigenvalue weighted by Gasteiger charge is -2.21. The second kappa shape index (κ2) is 5.55. The fourth-order valence-corrected chi connectivity index (χ4v) is 2.67. The number of aromatic nitrogens is 2. The Morgan fingerprint density at radius 1 is 1.35 bits per heavy atom. The van der Waals surface area contributed by atoms with E-state index < -0.39 is 9.84 Å². The molecule has 0 unspecified atom stereocenters. The maximum Gasteiger partial charge on any atom is 0.149 e. The van der Waals surface area contributed by atoms with Crippen molar-refractivity contribution in [1.29, 1.82) is 0 Å². The Balaban J connectivity index is 2.26. The first-order valence-electron chi connectivity index (χ1n) is 6.77. The first kappa shape index (κ1) is 15.0. The molecule has 1 saturated carbocycles. The van der Waals surface area contributed by atoms with Crippen LogP contribution in [-0.2, 0) is 9.84 Å². The van der Waals surface area contributed by atoms with E-state index in [1.165, 1.54) is 6.26 Å². The van der Waals surface area contributed by atoms with Crippen molar-refractivity contribution in [2.24, 2.45) is 0 Å². The summed E-state index contributed by atoms with van der Waals surface area (Å²) in [5.74, 6) is 3.09. The third kappa shape index (κ3) is 3.59. The van der Waals surface area contributed by atoms with Crippen LogP contribution in [0.1, 0.15) is 30.1 Å². The molecule has 0 radical (unpaired) electrons. The maximum atomic E-state index is 11.3. The molecule has 0 amide bonds. The first-order chi connectivity index (χ1) is 9.31. The number of hydrogen-bond donors (Lipinski definition) is 1. The van der Waals surface area contributed by atoms with Crippen molar-refractivity contribution < 1.29 is 8.42 Å². The van der Waals surface area contributed by atoms with Crippen molar-refractivity contribution in [3.05, 3.63) is 11.4 Å². The van der Waals surface area contributed by atoms with E-state index in [0.29, 0.717) is 12.5 Å². The van der Waals surface area contributed by atoms with Gasteiger partial charge in [0.05, 0.1) is 5.75 Å². The molecule has 0 atom stereocenters. The molecular formula is C13H22N4O2S. The van der Waals surface area contributed by atoms with Crippen LogP contribution in [0.4, 0.5) is 11.6 Å². The highest BCUT2D eigenvalue weighted by Crippen LogP contribution is 2.39. The Morgan fingerprint density at radius 2 is 2.00 bits per heavy atom. The molecule has 1 aliphatic carbocycles. The van der Waals surface area contributed by atoms with E-state index in [1.807, 2.05) is 25.9 Å². The van der Waals surface area contributed by atoms with Gasteiger partial charge >= 0.3 is 0 Å². The second-order valence-corrected chi connectivity index (χ2v) is 7.71. The third-order valence-electron chi connectivity index (χ3n) is 3.48. The van der Waals surface area contributed by atoms with Crippen LogP contribution in [-0.4, -0.2) is 51.0 Å². The number of anilines is 2. The highest BCUT2D eigenvalue weighted by atomic mass is 32.2. The highest BCUT2D eigenvalue weighted by Gasteiger charge is 2.28. The van der Waals surface area contributed by atoms with Crippen molar-refractivity contribution in [1.82, 2.24) is 9.97 Å². The van der Waals surface area contributed by atoms with Crippen LogP contribution in [0.15, 0.2) is 0 Å². The summed E-state index contributed by atoms with van der Waals surface area (Å²) in [6.45, 7) is 2.39. The summed E-state index contributed by atoms with van der Waals surface area (Å²) in [6.07, 6.45) is 3.53. The van der Waals surface area contributed by atoms with Gasteiger partial charge in [-0.2, -0.15) is 0 Å². The van der Waals surface area contributed by atoms with Crippen molar-refractivity contribution >= 4 is 21.5 Å². The first-order valence-corrected chi connectivity index (χ1v) is 8.83. The molecule has 2 rings (SSSR count). The molecule has 0 bridgehead atoms. The smallest absolute Gasteiger partial charge is 0.149 e. The second-order valence-electron chi connectivity index (χ2n) is 5.45. The summed E-state index contributed by atoms with van der Waals surface area (Å²) in [6, 6.07) is 0. The van der Waals surface area contributed by atoms with Crippen molar-refractivity contribution in [2.75, 3.05) is 42.9 Å². The van der Waals surface area contributed by atoms with Crippen LogP contribution in [0, 0.1) is 6.92 Å². The molecule has 1 heterocycles. The van der Waals surface area contributed by atoms with Crippen molar-refractivity contribution in [2.45, 2.75) is 25.7 Å². The van der Waals surface area contributed by atoms with Gasteiger partial charge in [-0.15, -0.1) is 0 Å². The lowest BCUT2D eigenvalue weighted by atomic mass is 10.2. The third-order valence-corrected chi connectivity index (χ3v) is 4.40. The van der Waals surface area contributed by atoms with Gasteiger partial charge in [-0.3, -0.25) is 0 Å². The molecule has 20 heavy (non-hydrogen) atoms. The maximum absolute atomic E-state index is 11.3. The summed E-state index contributed by atoms with van der Waals surface area (Å²) in [5, 5.41) is 3.09. The average molecular weight is 298 g/mol. The fraction of sp³-hybridized carbons (Fsp3) is 0.692.